The first-order chi connectivity index (χ1) is 9.08. The molecule has 19 heavy (non-hydrogen) atoms. The molecule has 2 rings (SSSR count). The van der Waals surface area contributed by atoms with E-state index in [4.69, 9.17) is 10.6 Å². The van der Waals surface area contributed by atoms with Crippen LogP contribution in [0, 0.1) is 0 Å². The number of hydrogen-bond acceptors (Lipinski definition) is 5. The van der Waals surface area contributed by atoms with Gasteiger partial charge in [0.1, 0.15) is 6.04 Å². The molecule has 2 amide bonds. The Morgan fingerprint density at radius 1 is 1.21 bits per heavy atom. The number of nitrogens with two attached hydrogens (primary N) is 1. The van der Waals surface area contributed by atoms with Crippen molar-refractivity contribution in [3.8, 4) is 0 Å². The molecule has 1 heterocycles. The summed E-state index contributed by atoms with van der Waals surface area (Å²) >= 11 is 0. The zero-order valence-corrected chi connectivity index (χ0v) is 10.2. The molecule has 0 saturated carbocycles. The van der Waals surface area contributed by atoms with E-state index < -0.39 is 23.8 Å². The summed E-state index contributed by atoms with van der Waals surface area (Å²) in [6.45, 7) is 0. The van der Waals surface area contributed by atoms with E-state index >= 15 is 0 Å². The average molecular weight is 262 g/mol. The van der Waals surface area contributed by atoms with E-state index in [1.165, 1.54) is 0 Å². The van der Waals surface area contributed by atoms with Gasteiger partial charge in [0.15, 0.2) is 0 Å². The largest absolute Gasteiger partial charge is 0.350 e. The van der Waals surface area contributed by atoms with Gasteiger partial charge in [-0.25, -0.2) is 4.79 Å². The molecule has 100 valence electrons. The van der Waals surface area contributed by atoms with E-state index in [1.54, 1.807) is 0 Å². The fourth-order valence-electron chi connectivity index (χ4n) is 1.77. The summed E-state index contributed by atoms with van der Waals surface area (Å²) in [6.07, 6.45) is 0.427. The molecule has 1 atom stereocenters. The minimum absolute atomic E-state index is 0.0695. The normalized spacial score (nSPS) is 16.6. The number of hydrogen-bond donors (Lipinski definition) is 1. The van der Waals surface area contributed by atoms with E-state index in [9.17, 15) is 14.4 Å². The van der Waals surface area contributed by atoms with E-state index in [-0.39, 0.29) is 19.3 Å². The Bertz CT molecular complexity index is 485. The van der Waals surface area contributed by atoms with Crippen LogP contribution < -0.4 is 5.73 Å². The molecule has 0 spiro atoms. The molecule has 6 nitrogen and oxygen atoms in total. The second-order valence-electron chi connectivity index (χ2n) is 4.29. The number of carbonyl (C=O) groups excluding carboxylic acids is 3. The van der Waals surface area contributed by atoms with Crippen molar-refractivity contribution in [2.45, 2.75) is 25.3 Å². The third-order valence-corrected chi connectivity index (χ3v) is 2.79. The molecule has 0 aromatic heterocycles. The number of amides is 2. The first-order valence-corrected chi connectivity index (χ1v) is 5.95. The van der Waals surface area contributed by atoms with Crippen LogP contribution in [0.4, 0.5) is 0 Å². The monoisotopic (exact) mass is 262 g/mol. The summed E-state index contributed by atoms with van der Waals surface area (Å²) in [5.74, 6) is -1.80. The van der Waals surface area contributed by atoms with Crippen LogP contribution in [0.2, 0.25) is 0 Å². The van der Waals surface area contributed by atoms with Crippen molar-refractivity contribution in [2.75, 3.05) is 0 Å². The van der Waals surface area contributed by atoms with Gasteiger partial charge in [0.05, 0.1) is 0 Å². The van der Waals surface area contributed by atoms with E-state index in [0.29, 0.717) is 5.06 Å². The Labute approximate surface area is 110 Å². The number of benzene rings is 1. The van der Waals surface area contributed by atoms with E-state index in [2.05, 4.69) is 0 Å². The highest BCUT2D eigenvalue weighted by Crippen LogP contribution is 2.13. The first kappa shape index (κ1) is 13.2. The minimum Gasteiger partial charge on any atom is -0.329 e. The zero-order chi connectivity index (χ0) is 13.8. The van der Waals surface area contributed by atoms with Crippen LogP contribution in [0.5, 0.6) is 0 Å². The molecule has 0 radical (unpaired) electrons. The van der Waals surface area contributed by atoms with Crippen molar-refractivity contribution in [2.24, 2.45) is 5.73 Å². The summed E-state index contributed by atoms with van der Waals surface area (Å²) in [5, 5.41) is 0.507. The van der Waals surface area contributed by atoms with Gasteiger partial charge >= 0.3 is 5.97 Å². The predicted octanol–water partition coefficient (Wildman–Crippen LogP) is 0.164. The molecule has 0 bridgehead atoms. The predicted molar refractivity (Wildman–Crippen MR) is 65.3 cm³/mol. The van der Waals surface area contributed by atoms with Crippen molar-refractivity contribution in [1.29, 1.82) is 0 Å². The minimum atomic E-state index is -0.913. The molecule has 1 fully saturated rings. The van der Waals surface area contributed by atoms with Gasteiger partial charge in [0.25, 0.3) is 11.8 Å². The molecule has 0 unspecified atom stereocenters. The van der Waals surface area contributed by atoms with Crippen LogP contribution >= 0.6 is 0 Å². The Kier molecular flexibility index (Phi) is 3.91. The van der Waals surface area contributed by atoms with E-state index in [0.717, 1.165) is 5.56 Å². The van der Waals surface area contributed by atoms with Gasteiger partial charge < -0.3 is 10.6 Å². The van der Waals surface area contributed by atoms with E-state index in [1.807, 2.05) is 30.3 Å². The Balaban J connectivity index is 1.93. The lowest BCUT2D eigenvalue weighted by atomic mass is 10.1. The van der Waals surface area contributed by atoms with Crippen molar-refractivity contribution < 1.29 is 19.2 Å². The molecule has 1 aromatic carbocycles. The average Bonchev–Trinajstić information content (AvgIpc) is 2.71. The lowest BCUT2D eigenvalue weighted by Gasteiger charge is -2.16. The molecular formula is C13H14N2O4. The molecule has 6 heteroatoms. The Morgan fingerprint density at radius 3 is 2.37 bits per heavy atom. The number of nitrogens with zero attached hydrogens (tertiary/aromatic N) is 1. The van der Waals surface area contributed by atoms with Gasteiger partial charge in [0, 0.05) is 12.8 Å². The fraction of sp³-hybridized carbons (Fsp3) is 0.308. The SMILES string of the molecule is N[C@@H](Cc1ccccc1)C(=O)ON1C(=O)CCC1=O. The Morgan fingerprint density at radius 2 is 1.79 bits per heavy atom. The standard InChI is InChI=1S/C13H14N2O4/c14-10(8-9-4-2-1-3-5-9)13(18)19-15-11(16)6-7-12(15)17/h1-5,10H,6-8,14H2/t10-/m0/s1. The number of hydroxylamine groups is 2. The highest BCUT2D eigenvalue weighted by Gasteiger charge is 2.34. The summed E-state index contributed by atoms with van der Waals surface area (Å²) in [7, 11) is 0. The molecule has 1 aromatic rings. The number of carbonyl (C=O) groups is 3. The summed E-state index contributed by atoms with van der Waals surface area (Å²) < 4.78 is 0. The smallest absolute Gasteiger partial charge is 0.329 e. The number of rotatable bonds is 4. The number of imide groups is 1. The van der Waals surface area contributed by atoms with Gasteiger partial charge in [-0.2, -0.15) is 0 Å². The zero-order valence-electron chi connectivity index (χ0n) is 10.2. The molecule has 1 saturated heterocycles. The summed E-state index contributed by atoms with van der Waals surface area (Å²) in [5.41, 5.74) is 6.58. The van der Waals surface area contributed by atoms with Crippen molar-refractivity contribution >= 4 is 17.8 Å². The molecule has 2 N–H and O–H groups in total. The van der Waals surface area contributed by atoms with Gasteiger partial charge in [-0.3, -0.25) is 9.59 Å². The second kappa shape index (κ2) is 5.62. The van der Waals surface area contributed by atoms with Gasteiger partial charge in [0.2, 0.25) is 0 Å². The van der Waals surface area contributed by atoms with Crippen LogP contribution in [0.1, 0.15) is 18.4 Å². The Hall–Kier alpha value is -2.21. The highest BCUT2D eigenvalue weighted by molar-refractivity contribution is 6.01. The molecule has 1 aliphatic rings. The van der Waals surface area contributed by atoms with Crippen molar-refractivity contribution in [1.82, 2.24) is 5.06 Å². The topological polar surface area (TPSA) is 89.7 Å². The van der Waals surface area contributed by atoms with Crippen LogP contribution in [0.3, 0.4) is 0 Å². The molecular weight excluding hydrogens is 248 g/mol. The highest BCUT2D eigenvalue weighted by atomic mass is 16.7. The van der Waals surface area contributed by atoms with Crippen molar-refractivity contribution in [3.63, 3.8) is 0 Å². The molecule has 1 aliphatic heterocycles. The lowest BCUT2D eigenvalue weighted by molar-refractivity contribution is -0.198. The summed E-state index contributed by atoms with van der Waals surface area (Å²) in [6, 6.07) is 8.28. The van der Waals surface area contributed by atoms with Gasteiger partial charge in [-0.15, -0.1) is 5.06 Å². The van der Waals surface area contributed by atoms with Gasteiger partial charge in [-0.1, -0.05) is 30.3 Å². The second-order valence-corrected chi connectivity index (χ2v) is 4.29. The van der Waals surface area contributed by atoms with Crippen LogP contribution in [0.15, 0.2) is 30.3 Å². The van der Waals surface area contributed by atoms with Crippen molar-refractivity contribution in [3.05, 3.63) is 35.9 Å². The molecule has 0 aliphatic carbocycles. The first-order valence-electron chi connectivity index (χ1n) is 5.95. The van der Waals surface area contributed by atoms with Crippen LogP contribution in [0.25, 0.3) is 0 Å². The third kappa shape index (κ3) is 3.17. The van der Waals surface area contributed by atoms with Crippen LogP contribution in [-0.2, 0) is 25.6 Å². The quantitative estimate of drug-likeness (QED) is 0.781. The maximum atomic E-state index is 11.7. The van der Waals surface area contributed by atoms with Crippen LogP contribution in [-0.4, -0.2) is 28.9 Å². The van der Waals surface area contributed by atoms with Gasteiger partial charge in [-0.05, 0) is 12.0 Å². The third-order valence-electron chi connectivity index (χ3n) is 2.79. The fourth-order valence-corrected chi connectivity index (χ4v) is 1.77. The lowest BCUT2D eigenvalue weighted by Crippen LogP contribution is -2.41. The maximum Gasteiger partial charge on any atom is 0.350 e. The summed E-state index contributed by atoms with van der Waals surface area (Å²) in [4.78, 5) is 39.0. The maximum absolute atomic E-state index is 11.7.